The molecule has 3 nitrogen and oxygen atoms in total. The SMILES string of the molecule is C.COC(=O)CC1(CCCN)CC1. The van der Waals surface area contributed by atoms with Gasteiger partial charge in [0.05, 0.1) is 13.5 Å². The van der Waals surface area contributed by atoms with Crippen molar-refractivity contribution in [1.29, 1.82) is 0 Å². The van der Waals surface area contributed by atoms with E-state index in [2.05, 4.69) is 4.74 Å². The molecule has 0 saturated heterocycles. The topological polar surface area (TPSA) is 52.3 Å². The third-order valence-electron chi connectivity index (χ3n) is 2.62. The predicted molar refractivity (Wildman–Crippen MR) is 53.3 cm³/mol. The van der Waals surface area contributed by atoms with Crippen LogP contribution in [0.15, 0.2) is 0 Å². The number of carbonyl (C=O) groups is 1. The summed E-state index contributed by atoms with van der Waals surface area (Å²) in [5.74, 6) is -0.0791. The highest BCUT2D eigenvalue weighted by Crippen LogP contribution is 2.52. The van der Waals surface area contributed by atoms with Crippen LogP contribution in [0.3, 0.4) is 0 Å². The lowest BCUT2D eigenvalue weighted by Crippen LogP contribution is -2.12. The van der Waals surface area contributed by atoms with Crippen LogP contribution in [-0.4, -0.2) is 19.6 Å². The highest BCUT2D eigenvalue weighted by Gasteiger charge is 2.43. The number of hydrogen-bond acceptors (Lipinski definition) is 3. The van der Waals surface area contributed by atoms with Crippen molar-refractivity contribution in [3.63, 3.8) is 0 Å². The average Bonchev–Trinajstić information content (AvgIpc) is 2.82. The van der Waals surface area contributed by atoms with Gasteiger partial charge in [0, 0.05) is 0 Å². The average molecular weight is 187 g/mol. The van der Waals surface area contributed by atoms with Crippen molar-refractivity contribution in [3.05, 3.63) is 0 Å². The van der Waals surface area contributed by atoms with Gasteiger partial charge in [0.25, 0.3) is 0 Å². The molecule has 0 aromatic carbocycles. The second-order valence-corrected chi connectivity index (χ2v) is 3.65. The zero-order valence-electron chi connectivity index (χ0n) is 7.64. The molecular weight excluding hydrogens is 166 g/mol. The first kappa shape index (κ1) is 12.4. The molecule has 1 fully saturated rings. The highest BCUT2D eigenvalue weighted by atomic mass is 16.5. The Morgan fingerprint density at radius 3 is 2.54 bits per heavy atom. The van der Waals surface area contributed by atoms with Gasteiger partial charge in [-0.2, -0.15) is 0 Å². The van der Waals surface area contributed by atoms with Crippen LogP contribution in [-0.2, 0) is 9.53 Å². The molecule has 0 atom stereocenters. The van der Waals surface area contributed by atoms with Gasteiger partial charge in [0.15, 0.2) is 0 Å². The smallest absolute Gasteiger partial charge is 0.306 e. The molecule has 0 heterocycles. The van der Waals surface area contributed by atoms with E-state index in [0.717, 1.165) is 19.4 Å². The quantitative estimate of drug-likeness (QED) is 0.666. The summed E-state index contributed by atoms with van der Waals surface area (Å²) in [4.78, 5) is 11.0. The van der Waals surface area contributed by atoms with Crippen LogP contribution in [0.25, 0.3) is 0 Å². The molecule has 1 aliphatic rings. The van der Waals surface area contributed by atoms with Crippen LogP contribution in [0, 0.1) is 5.41 Å². The van der Waals surface area contributed by atoms with Crippen LogP contribution in [0.1, 0.15) is 39.5 Å². The minimum absolute atomic E-state index is 0. The molecule has 13 heavy (non-hydrogen) atoms. The summed E-state index contributed by atoms with van der Waals surface area (Å²) in [5.41, 5.74) is 5.68. The van der Waals surface area contributed by atoms with Gasteiger partial charge < -0.3 is 10.5 Å². The summed E-state index contributed by atoms with van der Waals surface area (Å²) >= 11 is 0. The number of nitrogens with two attached hydrogens (primary N) is 1. The predicted octanol–water partition coefficient (Wildman–Crippen LogP) is 1.70. The van der Waals surface area contributed by atoms with Crippen molar-refractivity contribution < 1.29 is 9.53 Å². The van der Waals surface area contributed by atoms with Crippen molar-refractivity contribution >= 4 is 5.97 Å². The zero-order valence-corrected chi connectivity index (χ0v) is 7.64. The first-order valence-electron chi connectivity index (χ1n) is 4.49. The maximum absolute atomic E-state index is 11.0. The Kier molecular flexibility index (Phi) is 4.99. The van der Waals surface area contributed by atoms with Gasteiger partial charge in [-0.25, -0.2) is 0 Å². The fourth-order valence-corrected chi connectivity index (χ4v) is 1.55. The molecule has 1 aliphatic carbocycles. The van der Waals surface area contributed by atoms with Crippen LogP contribution >= 0.6 is 0 Å². The van der Waals surface area contributed by atoms with E-state index in [0.29, 0.717) is 6.42 Å². The lowest BCUT2D eigenvalue weighted by Gasteiger charge is -2.11. The third-order valence-corrected chi connectivity index (χ3v) is 2.62. The molecule has 0 aliphatic heterocycles. The van der Waals surface area contributed by atoms with Crippen LogP contribution in [0.4, 0.5) is 0 Å². The van der Waals surface area contributed by atoms with E-state index >= 15 is 0 Å². The minimum Gasteiger partial charge on any atom is -0.469 e. The summed E-state index contributed by atoms with van der Waals surface area (Å²) < 4.78 is 4.64. The van der Waals surface area contributed by atoms with Crippen LogP contribution in [0.2, 0.25) is 0 Å². The summed E-state index contributed by atoms with van der Waals surface area (Å²) in [6, 6.07) is 0. The largest absolute Gasteiger partial charge is 0.469 e. The summed E-state index contributed by atoms with van der Waals surface area (Å²) in [6.45, 7) is 0.725. The Balaban J connectivity index is 0.00000144. The Morgan fingerprint density at radius 1 is 1.54 bits per heavy atom. The lowest BCUT2D eigenvalue weighted by molar-refractivity contribution is -0.142. The lowest BCUT2D eigenvalue weighted by atomic mass is 9.96. The van der Waals surface area contributed by atoms with Gasteiger partial charge in [-0.15, -0.1) is 0 Å². The number of carbonyl (C=O) groups excluding carboxylic acids is 1. The standard InChI is InChI=1S/C9H17NO2.CH4/c1-12-8(11)7-9(4-5-9)3-2-6-10;/h2-7,10H2,1H3;1H4. The van der Waals surface area contributed by atoms with E-state index in [1.54, 1.807) is 0 Å². The number of esters is 1. The fraction of sp³-hybridized carbons (Fsp3) is 0.900. The first-order chi connectivity index (χ1) is 5.72. The van der Waals surface area contributed by atoms with Gasteiger partial charge >= 0.3 is 5.97 Å². The van der Waals surface area contributed by atoms with Gasteiger partial charge in [-0.05, 0) is 37.6 Å². The van der Waals surface area contributed by atoms with E-state index in [9.17, 15) is 4.79 Å². The van der Waals surface area contributed by atoms with E-state index in [1.807, 2.05) is 0 Å². The molecule has 78 valence electrons. The maximum atomic E-state index is 11.0. The molecular formula is C10H21NO2. The second-order valence-electron chi connectivity index (χ2n) is 3.65. The Morgan fingerprint density at radius 2 is 2.15 bits per heavy atom. The molecule has 1 rings (SSSR count). The molecule has 0 amide bonds. The molecule has 2 N–H and O–H groups in total. The van der Waals surface area contributed by atoms with Crippen molar-refractivity contribution in [2.45, 2.75) is 39.5 Å². The maximum Gasteiger partial charge on any atom is 0.306 e. The van der Waals surface area contributed by atoms with E-state index < -0.39 is 0 Å². The second kappa shape index (κ2) is 5.22. The Hall–Kier alpha value is -0.570. The fourth-order valence-electron chi connectivity index (χ4n) is 1.55. The first-order valence-corrected chi connectivity index (χ1v) is 4.49. The number of hydrogen-bond donors (Lipinski definition) is 1. The zero-order chi connectivity index (χ0) is 9.03. The molecule has 1 saturated carbocycles. The molecule has 0 aromatic heterocycles. The van der Waals surface area contributed by atoms with E-state index in [1.165, 1.54) is 20.0 Å². The molecule has 0 aromatic rings. The van der Waals surface area contributed by atoms with E-state index in [-0.39, 0.29) is 18.8 Å². The van der Waals surface area contributed by atoms with Crippen molar-refractivity contribution in [2.24, 2.45) is 11.1 Å². The highest BCUT2D eigenvalue weighted by molar-refractivity contribution is 5.70. The van der Waals surface area contributed by atoms with E-state index in [4.69, 9.17) is 5.73 Å². The molecule has 0 radical (unpaired) electrons. The molecule has 3 heteroatoms. The van der Waals surface area contributed by atoms with Crippen LogP contribution < -0.4 is 5.73 Å². The number of ether oxygens (including phenoxy) is 1. The third kappa shape index (κ3) is 3.77. The Bertz CT molecular complexity index is 164. The normalized spacial score (nSPS) is 17.4. The van der Waals surface area contributed by atoms with Gasteiger partial charge in [-0.3, -0.25) is 4.79 Å². The van der Waals surface area contributed by atoms with Crippen molar-refractivity contribution in [2.75, 3.05) is 13.7 Å². The summed E-state index contributed by atoms with van der Waals surface area (Å²) in [6.07, 6.45) is 5.03. The number of methoxy groups -OCH3 is 1. The number of rotatable bonds is 5. The van der Waals surface area contributed by atoms with Gasteiger partial charge in [0.2, 0.25) is 0 Å². The molecule has 0 spiro atoms. The summed E-state index contributed by atoms with van der Waals surface area (Å²) in [5, 5.41) is 0. The van der Waals surface area contributed by atoms with Crippen LogP contribution in [0.5, 0.6) is 0 Å². The molecule has 0 unspecified atom stereocenters. The van der Waals surface area contributed by atoms with Crippen molar-refractivity contribution in [1.82, 2.24) is 0 Å². The van der Waals surface area contributed by atoms with Gasteiger partial charge in [-0.1, -0.05) is 7.43 Å². The van der Waals surface area contributed by atoms with Crippen molar-refractivity contribution in [3.8, 4) is 0 Å². The summed E-state index contributed by atoms with van der Waals surface area (Å²) in [7, 11) is 1.45. The monoisotopic (exact) mass is 187 g/mol. The van der Waals surface area contributed by atoms with Gasteiger partial charge in [0.1, 0.15) is 0 Å². The Labute approximate surface area is 80.6 Å². The minimum atomic E-state index is -0.0791. The molecule has 0 bridgehead atoms.